The quantitative estimate of drug-likeness (QED) is 0.325. The molecule has 1 aliphatic heterocycles. The van der Waals surface area contributed by atoms with Gasteiger partial charge in [-0.25, -0.2) is 0 Å². The first-order valence-electron chi connectivity index (χ1n) is 3.62. The Hall–Kier alpha value is 0.940. The second kappa shape index (κ2) is 3.51. The van der Waals surface area contributed by atoms with Gasteiger partial charge in [-0.1, -0.05) is 34.1 Å². The molecule has 0 bridgehead atoms. The first-order valence-corrected chi connectivity index (χ1v) is 6.83. The topological polar surface area (TPSA) is 3.24 Å². The third-order valence-electron chi connectivity index (χ3n) is 1.99. The Balaban J connectivity index is 2.57. The van der Waals surface area contributed by atoms with Gasteiger partial charge in [0, 0.05) is 0 Å². The maximum Gasteiger partial charge on any atom is 0.177 e. The Bertz CT molecular complexity index is 308. The van der Waals surface area contributed by atoms with Crippen molar-refractivity contribution in [2.24, 2.45) is 0 Å². The van der Waals surface area contributed by atoms with Gasteiger partial charge < -0.3 is 0 Å². The van der Waals surface area contributed by atoms with Crippen LogP contribution in [0.3, 0.4) is 0 Å². The molecule has 0 spiro atoms. The highest BCUT2D eigenvalue weighted by atomic mass is 79.9. The minimum Gasteiger partial charge on any atom is -0.281 e. The number of para-hydroxylation sites is 1. The number of hydrogen-bond donors (Lipinski definition) is 0. The summed E-state index contributed by atoms with van der Waals surface area (Å²) in [5, 5.41) is 0. The smallest absolute Gasteiger partial charge is 0.177 e. The zero-order chi connectivity index (χ0) is 9.64. The van der Waals surface area contributed by atoms with E-state index in [1.807, 2.05) is 16.1 Å². The fraction of sp³-hybridized carbons (Fsp3) is 0.250. The van der Waals surface area contributed by atoms with E-state index >= 15 is 0 Å². The van der Waals surface area contributed by atoms with Crippen molar-refractivity contribution in [1.29, 1.82) is 0 Å². The van der Waals surface area contributed by atoms with Crippen LogP contribution in [-0.2, 0) is 0 Å². The molecule has 5 heteroatoms. The number of fused-ring (bicyclic) bond motifs is 1. The van der Waals surface area contributed by atoms with Crippen LogP contribution in [0.4, 0.5) is 5.69 Å². The van der Waals surface area contributed by atoms with Crippen molar-refractivity contribution in [3.8, 4) is 0 Å². The van der Waals surface area contributed by atoms with Crippen LogP contribution < -0.4 is 3.93 Å². The van der Waals surface area contributed by atoms with Gasteiger partial charge in [0.1, 0.15) is 0 Å². The third-order valence-corrected chi connectivity index (χ3v) is 7.89. The van der Waals surface area contributed by atoms with Gasteiger partial charge in [0.2, 0.25) is 0 Å². The van der Waals surface area contributed by atoms with E-state index in [-0.39, 0.29) is 8.18 Å². The Morgan fingerprint density at radius 3 is 2.46 bits per heavy atom. The van der Waals surface area contributed by atoms with Crippen LogP contribution in [0.1, 0.15) is 10.4 Å². The molecule has 1 heterocycles. The van der Waals surface area contributed by atoms with Crippen LogP contribution in [0.2, 0.25) is 0 Å². The van der Waals surface area contributed by atoms with Crippen molar-refractivity contribution in [3.05, 3.63) is 29.8 Å². The van der Waals surface area contributed by atoms with E-state index in [4.69, 9.17) is 0 Å². The van der Waals surface area contributed by atoms with Crippen LogP contribution in [0.15, 0.2) is 24.3 Å². The molecule has 0 saturated carbocycles. The average molecular weight is 435 g/mol. The van der Waals surface area contributed by atoms with Crippen LogP contribution in [0, 0.1) is 0 Å². The number of nitrogens with zero attached hydrogens (tertiary/aromatic N) is 1. The normalized spacial score (nSPS) is 24.6. The molecule has 0 aliphatic carbocycles. The molecule has 0 fully saturated rings. The predicted octanol–water partition coefficient (Wildman–Crippen LogP) is 4.70. The van der Waals surface area contributed by atoms with E-state index in [0.29, 0.717) is 0 Å². The largest absolute Gasteiger partial charge is 0.281 e. The SMILES string of the molecule is BrC1c2ccccc2N(Br)C1(Br)Br. The Kier molecular flexibility index (Phi) is 2.82. The van der Waals surface area contributed by atoms with Crippen molar-refractivity contribution in [1.82, 2.24) is 0 Å². The zero-order valence-corrected chi connectivity index (χ0v) is 12.7. The summed E-state index contributed by atoms with van der Waals surface area (Å²) in [6.07, 6.45) is 0. The molecule has 1 aromatic carbocycles. The van der Waals surface area contributed by atoms with E-state index in [1.165, 1.54) is 5.56 Å². The summed E-state index contributed by atoms with van der Waals surface area (Å²) in [6.45, 7) is 0. The van der Waals surface area contributed by atoms with Crippen LogP contribution in [0.25, 0.3) is 0 Å². The molecule has 0 N–H and O–H groups in total. The second-order valence-electron chi connectivity index (χ2n) is 2.79. The van der Waals surface area contributed by atoms with Crippen LogP contribution in [-0.4, -0.2) is 3.36 Å². The van der Waals surface area contributed by atoms with Gasteiger partial charge in [0.05, 0.1) is 26.7 Å². The monoisotopic (exact) mass is 431 g/mol. The second-order valence-corrected chi connectivity index (χ2v) is 7.90. The maximum atomic E-state index is 3.63. The summed E-state index contributed by atoms with van der Waals surface area (Å²) in [5.74, 6) is 0. The van der Waals surface area contributed by atoms with Crippen molar-refractivity contribution >= 4 is 69.6 Å². The molecule has 1 unspecified atom stereocenters. The standard InChI is InChI=1S/C8H5Br4N/c9-7-5-3-1-2-4-6(5)13(12)8(7,10)11/h1-4,7H. The summed E-state index contributed by atoms with van der Waals surface area (Å²) in [6, 6.07) is 8.24. The molecule has 0 aromatic heterocycles. The summed E-state index contributed by atoms with van der Waals surface area (Å²) < 4.78 is 1.69. The Labute approximate surface area is 111 Å². The van der Waals surface area contributed by atoms with E-state index < -0.39 is 0 Å². The number of benzene rings is 1. The Morgan fingerprint density at radius 2 is 1.85 bits per heavy atom. The van der Waals surface area contributed by atoms with Crippen LogP contribution >= 0.6 is 63.9 Å². The van der Waals surface area contributed by atoms with Gasteiger partial charge in [0.15, 0.2) is 3.36 Å². The first-order chi connectivity index (χ1) is 6.05. The summed E-state index contributed by atoms with van der Waals surface area (Å²) >= 11 is 14.3. The fourth-order valence-electron chi connectivity index (χ4n) is 1.33. The predicted molar refractivity (Wildman–Crippen MR) is 70.1 cm³/mol. The number of hydrogen-bond acceptors (Lipinski definition) is 1. The molecule has 2 rings (SSSR count). The Morgan fingerprint density at radius 1 is 1.23 bits per heavy atom. The molecule has 1 aliphatic rings. The number of halogens is 4. The lowest BCUT2D eigenvalue weighted by atomic mass is 10.2. The molecular weight excluding hydrogens is 430 g/mol. The molecule has 0 saturated heterocycles. The highest BCUT2D eigenvalue weighted by Gasteiger charge is 2.46. The van der Waals surface area contributed by atoms with E-state index in [9.17, 15) is 0 Å². The average Bonchev–Trinajstić information content (AvgIpc) is 2.30. The highest BCUT2D eigenvalue weighted by Crippen LogP contribution is 2.58. The number of rotatable bonds is 0. The minimum atomic E-state index is -0.288. The van der Waals surface area contributed by atoms with Crippen molar-refractivity contribution in [3.63, 3.8) is 0 Å². The molecular formula is C8H5Br4N. The van der Waals surface area contributed by atoms with Gasteiger partial charge >= 0.3 is 0 Å². The molecule has 0 amide bonds. The molecule has 0 radical (unpaired) electrons. The lowest BCUT2D eigenvalue weighted by Gasteiger charge is -2.25. The summed E-state index contributed by atoms with van der Waals surface area (Å²) in [5.41, 5.74) is 2.42. The first kappa shape index (κ1) is 10.5. The molecule has 1 aromatic rings. The molecule has 13 heavy (non-hydrogen) atoms. The van der Waals surface area contributed by atoms with Gasteiger partial charge in [-0.05, 0) is 43.5 Å². The lowest BCUT2D eigenvalue weighted by Crippen LogP contribution is -2.27. The third kappa shape index (κ3) is 1.52. The van der Waals surface area contributed by atoms with Gasteiger partial charge in [-0.15, -0.1) is 0 Å². The fourth-order valence-corrected chi connectivity index (χ4v) is 3.60. The summed E-state index contributed by atoms with van der Waals surface area (Å²) in [7, 11) is 0. The molecule has 1 atom stereocenters. The summed E-state index contributed by atoms with van der Waals surface area (Å²) in [4.78, 5) is 0.218. The van der Waals surface area contributed by atoms with E-state index in [2.05, 4.69) is 76.1 Å². The number of alkyl halides is 3. The molecule has 1 nitrogen and oxygen atoms in total. The van der Waals surface area contributed by atoms with E-state index in [1.54, 1.807) is 0 Å². The van der Waals surface area contributed by atoms with Crippen molar-refractivity contribution in [2.75, 3.05) is 3.93 Å². The number of anilines is 1. The van der Waals surface area contributed by atoms with Gasteiger partial charge in [0.25, 0.3) is 0 Å². The van der Waals surface area contributed by atoms with Crippen molar-refractivity contribution in [2.45, 2.75) is 8.18 Å². The molecule has 70 valence electrons. The maximum absolute atomic E-state index is 3.63. The zero-order valence-electron chi connectivity index (χ0n) is 6.35. The van der Waals surface area contributed by atoms with Crippen molar-refractivity contribution < 1.29 is 0 Å². The lowest BCUT2D eigenvalue weighted by molar-refractivity contribution is 0.945. The highest BCUT2D eigenvalue weighted by molar-refractivity contribution is 9.27. The van der Waals surface area contributed by atoms with Gasteiger partial charge in [-0.3, -0.25) is 3.93 Å². The van der Waals surface area contributed by atoms with Gasteiger partial charge in [-0.2, -0.15) is 0 Å². The minimum absolute atomic E-state index is 0.218. The van der Waals surface area contributed by atoms with E-state index in [0.717, 1.165) is 5.69 Å². The van der Waals surface area contributed by atoms with Crippen LogP contribution in [0.5, 0.6) is 0 Å².